The van der Waals surface area contributed by atoms with Crippen LogP contribution < -0.4 is 14.2 Å². The van der Waals surface area contributed by atoms with Crippen molar-refractivity contribution < 1.29 is 51.6 Å². The molecule has 0 fully saturated rings. The van der Waals surface area contributed by atoms with Gasteiger partial charge in [-0.15, -0.1) is 13.2 Å². The monoisotopic (exact) mass is 532 g/mol. The van der Waals surface area contributed by atoms with E-state index in [1.165, 1.54) is 42.9 Å². The summed E-state index contributed by atoms with van der Waals surface area (Å²) in [5.41, 5.74) is 2.05. The van der Waals surface area contributed by atoms with E-state index in [2.05, 4.69) is 17.9 Å². The lowest BCUT2D eigenvalue weighted by molar-refractivity contribution is -0.274. The van der Waals surface area contributed by atoms with Gasteiger partial charge in [0.1, 0.15) is 12.4 Å². The summed E-state index contributed by atoms with van der Waals surface area (Å²) in [7, 11) is 0. The third kappa shape index (κ3) is 9.61. The molecular formula is C27H23F3O8. The quantitative estimate of drug-likeness (QED) is 0.168. The molecule has 1 heterocycles. The van der Waals surface area contributed by atoms with E-state index in [-0.39, 0.29) is 23.9 Å². The van der Waals surface area contributed by atoms with Crippen molar-refractivity contribution in [2.75, 3.05) is 0 Å². The first-order valence-corrected chi connectivity index (χ1v) is 10.7. The van der Waals surface area contributed by atoms with Crippen molar-refractivity contribution in [1.29, 1.82) is 0 Å². The van der Waals surface area contributed by atoms with Crippen LogP contribution in [0.5, 0.6) is 17.2 Å². The lowest BCUT2D eigenvalue weighted by Gasteiger charge is -2.15. The summed E-state index contributed by atoms with van der Waals surface area (Å²) in [6.07, 6.45) is 2.81. The van der Waals surface area contributed by atoms with Crippen molar-refractivity contribution in [3.05, 3.63) is 97.0 Å². The average molecular weight is 532 g/mol. The molecule has 3 aromatic rings. The van der Waals surface area contributed by atoms with Crippen LogP contribution >= 0.6 is 0 Å². The predicted molar refractivity (Wildman–Crippen MR) is 133 cm³/mol. The molecular weight excluding hydrogens is 509 g/mol. The van der Waals surface area contributed by atoms with Gasteiger partial charge in [0.25, 0.3) is 0 Å². The van der Waals surface area contributed by atoms with Crippen molar-refractivity contribution in [3.8, 4) is 17.2 Å². The fraction of sp³-hybridized carbons (Fsp3) is 0.111. The van der Waals surface area contributed by atoms with Crippen LogP contribution in [0.15, 0.2) is 90.3 Å². The van der Waals surface area contributed by atoms with E-state index < -0.39 is 18.3 Å². The minimum Gasteiger partial charge on any atom is -0.484 e. The molecule has 0 aliphatic rings. The van der Waals surface area contributed by atoms with Gasteiger partial charge < -0.3 is 28.8 Å². The van der Waals surface area contributed by atoms with E-state index in [9.17, 15) is 22.8 Å². The van der Waals surface area contributed by atoms with Gasteiger partial charge in [0.05, 0.1) is 12.5 Å². The fourth-order valence-corrected chi connectivity index (χ4v) is 2.79. The second-order valence-corrected chi connectivity index (χ2v) is 7.42. The molecule has 0 spiro atoms. The van der Waals surface area contributed by atoms with Crippen LogP contribution in [0.3, 0.4) is 0 Å². The van der Waals surface area contributed by atoms with Crippen LogP contribution in [0.4, 0.5) is 13.2 Å². The molecule has 2 N–H and O–H groups in total. The molecule has 0 bridgehead atoms. The Kier molecular flexibility index (Phi) is 10.3. The molecule has 1 aromatic heterocycles. The molecule has 0 amide bonds. The number of hydrogen-bond donors (Lipinski definition) is 2. The zero-order chi connectivity index (χ0) is 28.3. The normalized spacial score (nSPS) is 11.2. The zero-order valence-corrected chi connectivity index (χ0v) is 20.0. The molecule has 0 radical (unpaired) electrons. The second-order valence-electron chi connectivity index (χ2n) is 7.42. The number of fused-ring (bicyclic) bond motifs is 1. The molecule has 8 nitrogen and oxygen atoms in total. The SMILES string of the molecule is C=C(C)C=COc1c(OCc2ccc(OC(F)(F)F)cc2)c(/C=C/C(=O)O)cc2ccoc12.C=CC(=O)O. The number of allylic oxidation sites excluding steroid dienone is 2. The number of carbonyl (C=O) groups is 2. The minimum absolute atomic E-state index is 0.0486. The van der Waals surface area contributed by atoms with E-state index in [0.29, 0.717) is 22.1 Å². The molecule has 0 aliphatic heterocycles. The van der Waals surface area contributed by atoms with Crippen LogP contribution in [0, 0.1) is 0 Å². The Labute approximate surface area is 215 Å². The van der Waals surface area contributed by atoms with Gasteiger partial charge in [0.2, 0.25) is 5.75 Å². The summed E-state index contributed by atoms with van der Waals surface area (Å²) in [4.78, 5) is 20.3. The summed E-state index contributed by atoms with van der Waals surface area (Å²) < 4.78 is 58.1. The van der Waals surface area contributed by atoms with Gasteiger partial charge in [-0.05, 0) is 48.9 Å². The van der Waals surface area contributed by atoms with Gasteiger partial charge in [-0.2, -0.15) is 0 Å². The highest BCUT2D eigenvalue weighted by atomic mass is 19.4. The number of aliphatic carboxylic acids is 2. The Morgan fingerprint density at radius 2 is 1.71 bits per heavy atom. The predicted octanol–water partition coefficient (Wildman–Crippen LogP) is 6.73. The van der Waals surface area contributed by atoms with Crippen molar-refractivity contribution >= 4 is 29.0 Å². The molecule has 11 heteroatoms. The van der Waals surface area contributed by atoms with E-state index in [1.807, 2.05) is 0 Å². The smallest absolute Gasteiger partial charge is 0.484 e. The summed E-state index contributed by atoms with van der Waals surface area (Å²) in [6, 6.07) is 8.52. The number of furan rings is 1. The van der Waals surface area contributed by atoms with Crippen LogP contribution in [-0.4, -0.2) is 28.5 Å². The standard InChI is InChI=1S/C24H19F3O6.C3H4O2/c1-15(2)9-11-31-23-21-18(10-12-30-21)13-17(5-8-20(28)29)22(23)32-14-16-3-6-19(7-4-16)33-24(25,26)27;1-2-3(4)5/h3-13H,1,14H2,2H3,(H,28,29);2H,1H2,(H,4,5)/b8-5+,11-9?;. The van der Waals surface area contributed by atoms with E-state index >= 15 is 0 Å². The first-order valence-electron chi connectivity index (χ1n) is 10.7. The molecule has 2 aromatic carbocycles. The highest BCUT2D eigenvalue weighted by Crippen LogP contribution is 2.41. The highest BCUT2D eigenvalue weighted by Gasteiger charge is 2.31. The maximum absolute atomic E-state index is 12.4. The summed E-state index contributed by atoms with van der Waals surface area (Å²) in [5, 5.41) is 17.3. The topological polar surface area (TPSA) is 115 Å². The van der Waals surface area contributed by atoms with Crippen LogP contribution in [0.25, 0.3) is 17.0 Å². The number of carboxylic acids is 2. The van der Waals surface area contributed by atoms with Gasteiger partial charge in [-0.3, -0.25) is 0 Å². The fourth-order valence-electron chi connectivity index (χ4n) is 2.79. The molecule has 0 saturated heterocycles. The lowest BCUT2D eigenvalue weighted by atomic mass is 10.1. The third-order valence-corrected chi connectivity index (χ3v) is 4.34. The Morgan fingerprint density at radius 3 is 2.26 bits per heavy atom. The molecule has 38 heavy (non-hydrogen) atoms. The Balaban J connectivity index is 0.000000926. The maximum Gasteiger partial charge on any atom is 0.573 e. The number of ether oxygens (including phenoxy) is 3. The van der Waals surface area contributed by atoms with Gasteiger partial charge in [0, 0.05) is 23.1 Å². The summed E-state index contributed by atoms with van der Waals surface area (Å²) in [6.45, 7) is 8.44. The minimum atomic E-state index is -4.79. The second kappa shape index (κ2) is 13.4. The van der Waals surface area contributed by atoms with Crippen molar-refractivity contribution in [3.63, 3.8) is 0 Å². The van der Waals surface area contributed by atoms with Crippen molar-refractivity contribution in [1.82, 2.24) is 0 Å². The van der Waals surface area contributed by atoms with Crippen molar-refractivity contribution in [2.24, 2.45) is 0 Å². The highest BCUT2D eigenvalue weighted by molar-refractivity contribution is 5.92. The molecule has 0 saturated carbocycles. The molecule has 3 rings (SSSR count). The average Bonchev–Trinajstić information content (AvgIpc) is 3.30. The van der Waals surface area contributed by atoms with Crippen molar-refractivity contribution in [2.45, 2.75) is 19.9 Å². The Morgan fingerprint density at radius 1 is 1.05 bits per heavy atom. The molecule has 200 valence electrons. The largest absolute Gasteiger partial charge is 0.573 e. The molecule has 0 atom stereocenters. The van der Waals surface area contributed by atoms with Gasteiger partial charge >= 0.3 is 18.3 Å². The first-order chi connectivity index (χ1) is 17.9. The number of alkyl halides is 3. The van der Waals surface area contributed by atoms with E-state index in [1.54, 1.807) is 25.1 Å². The number of hydrogen-bond acceptors (Lipinski definition) is 6. The maximum atomic E-state index is 12.4. The number of carboxylic acid groups (broad SMARTS) is 2. The van der Waals surface area contributed by atoms with E-state index in [4.69, 9.17) is 24.1 Å². The number of rotatable bonds is 10. The van der Waals surface area contributed by atoms with Gasteiger partial charge in [-0.1, -0.05) is 30.9 Å². The number of halogens is 3. The Bertz CT molecular complexity index is 1350. The lowest BCUT2D eigenvalue weighted by Crippen LogP contribution is -2.17. The number of benzene rings is 2. The van der Waals surface area contributed by atoms with Crippen LogP contribution in [0.1, 0.15) is 18.1 Å². The molecule has 0 unspecified atom stereocenters. The van der Waals surface area contributed by atoms with E-state index in [0.717, 1.165) is 17.7 Å². The van der Waals surface area contributed by atoms with Gasteiger partial charge in [-0.25, -0.2) is 9.59 Å². The zero-order valence-electron chi connectivity index (χ0n) is 20.0. The third-order valence-electron chi connectivity index (χ3n) is 4.34. The van der Waals surface area contributed by atoms with Crippen LogP contribution in [0.2, 0.25) is 0 Å². The Hall–Kier alpha value is -4.93. The summed E-state index contributed by atoms with van der Waals surface area (Å²) >= 11 is 0. The molecule has 0 aliphatic carbocycles. The first kappa shape index (κ1) is 29.3. The summed E-state index contributed by atoms with van der Waals surface area (Å²) in [5.74, 6) is -2.10. The van der Waals surface area contributed by atoms with Crippen LogP contribution in [-0.2, 0) is 16.2 Å². The van der Waals surface area contributed by atoms with Gasteiger partial charge in [0.15, 0.2) is 11.3 Å².